The third-order valence-electron chi connectivity index (χ3n) is 2.42. The molecule has 0 aliphatic heterocycles. The second kappa shape index (κ2) is 3.89. The van der Waals surface area contributed by atoms with Gasteiger partial charge in [0.1, 0.15) is 0 Å². The van der Waals surface area contributed by atoms with Crippen LogP contribution in [0.5, 0.6) is 0 Å². The van der Waals surface area contributed by atoms with Gasteiger partial charge in [0.05, 0.1) is 11.2 Å². The lowest BCUT2D eigenvalue weighted by Crippen LogP contribution is -2.08. The Hall–Kier alpha value is -1.97. The predicted molar refractivity (Wildman–Crippen MR) is 58.0 cm³/mol. The highest BCUT2D eigenvalue weighted by molar-refractivity contribution is 5.83. The number of hydrogen-bond donors (Lipinski definition) is 1. The molecule has 0 fully saturated rings. The summed E-state index contributed by atoms with van der Waals surface area (Å²) in [7, 11) is 0. The molecule has 82 valence electrons. The summed E-state index contributed by atoms with van der Waals surface area (Å²) in [6.45, 7) is 1.81. The zero-order valence-corrected chi connectivity index (χ0v) is 8.64. The molecule has 0 aliphatic carbocycles. The minimum Gasteiger partial charge on any atom is -0.479 e. The molecule has 0 saturated carbocycles. The lowest BCUT2D eigenvalue weighted by molar-refractivity contribution is -0.143. The van der Waals surface area contributed by atoms with Crippen LogP contribution >= 0.6 is 0 Å². The molecular weight excluding hydrogens is 209 g/mol. The average molecular weight is 219 g/mol. The molecule has 16 heavy (non-hydrogen) atoms. The molecule has 1 atom stereocenters. The van der Waals surface area contributed by atoms with Crippen molar-refractivity contribution >= 4 is 16.9 Å². The van der Waals surface area contributed by atoms with E-state index in [1.807, 2.05) is 19.1 Å². The number of aliphatic carboxylic acids is 1. The first-order valence-electron chi connectivity index (χ1n) is 4.83. The Kier molecular flexibility index (Phi) is 2.56. The number of alkyl halides is 1. The average Bonchev–Trinajstić information content (AvgIpc) is 2.28. The smallest absolute Gasteiger partial charge is 0.344 e. The van der Waals surface area contributed by atoms with E-state index in [2.05, 4.69) is 4.98 Å². The molecule has 1 unspecified atom stereocenters. The van der Waals surface area contributed by atoms with Crippen molar-refractivity contribution in [1.82, 2.24) is 4.98 Å². The van der Waals surface area contributed by atoms with E-state index in [1.165, 1.54) is 6.07 Å². The molecule has 1 aromatic heterocycles. The van der Waals surface area contributed by atoms with Crippen LogP contribution in [0.4, 0.5) is 4.39 Å². The molecule has 3 nitrogen and oxygen atoms in total. The number of fused-ring (bicyclic) bond motifs is 1. The molecule has 2 aromatic rings. The number of carboxylic acids is 1. The first-order chi connectivity index (χ1) is 7.59. The highest BCUT2D eigenvalue weighted by atomic mass is 19.1. The second-order valence-corrected chi connectivity index (χ2v) is 3.58. The van der Waals surface area contributed by atoms with Crippen molar-refractivity contribution in [3.05, 3.63) is 41.6 Å². The van der Waals surface area contributed by atoms with Crippen LogP contribution in [0.15, 0.2) is 30.3 Å². The SMILES string of the molecule is Cc1cc(C(F)C(=O)O)nc2ccccc12. The number of halogens is 1. The van der Waals surface area contributed by atoms with E-state index in [1.54, 1.807) is 12.1 Å². The van der Waals surface area contributed by atoms with Crippen molar-refractivity contribution < 1.29 is 14.3 Å². The summed E-state index contributed by atoms with van der Waals surface area (Å²) in [5.74, 6) is -1.51. The number of aryl methyl sites for hydroxylation is 1. The minimum atomic E-state index is -2.07. The van der Waals surface area contributed by atoms with E-state index >= 15 is 0 Å². The van der Waals surface area contributed by atoms with Crippen LogP contribution in [-0.2, 0) is 4.79 Å². The highest BCUT2D eigenvalue weighted by Crippen LogP contribution is 2.22. The largest absolute Gasteiger partial charge is 0.479 e. The van der Waals surface area contributed by atoms with Crippen molar-refractivity contribution in [1.29, 1.82) is 0 Å². The van der Waals surface area contributed by atoms with Crippen LogP contribution in [0, 0.1) is 6.92 Å². The van der Waals surface area contributed by atoms with Crippen molar-refractivity contribution in [2.75, 3.05) is 0 Å². The van der Waals surface area contributed by atoms with E-state index in [4.69, 9.17) is 5.11 Å². The number of carbonyl (C=O) groups is 1. The zero-order chi connectivity index (χ0) is 11.7. The number of carboxylic acid groups (broad SMARTS) is 1. The Bertz CT molecular complexity index is 554. The van der Waals surface area contributed by atoms with E-state index in [0.29, 0.717) is 5.52 Å². The van der Waals surface area contributed by atoms with E-state index in [-0.39, 0.29) is 5.69 Å². The van der Waals surface area contributed by atoms with Gasteiger partial charge in [0.2, 0.25) is 6.17 Å². The summed E-state index contributed by atoms with van der Waals surface area (Å²) in [4.78, 5) is 14.5. The Balaban J connectivity index is 2.62. The van der Waals surface area contributed by atoms with Crippen molar-refractivity contribution in [2.45, 2.75) is 13.1 Å². The first-order valence-corrected chi connectivity index (χ1v) is 4.83. The molecule has 2 rings (SSSR count). The predicted octanol–water partition coefficient (Wildman–Crippen LogP) is 2.64. The lowest BCUT2D eigenvalue weighted by atomic mass is 10.1. The Morgan fingerprint density at radius 2 is 2.12 bits per heavy atom. The van der Waals surface area contributed by atoms with Gasteiger partial charge in [-0.25, -0.2) is 14.2 Å². The standard InChI is InChI=1S/C12H10FNO2/c1-7-6-10(11(13)12(15)16)14-9-5-3-2-4-8(7)9/h2-6,11H,1H3,(H,15,16). The fourth-order valence-corrected chi connectivity index (χ4v) is 1.63. The number of pyridine rings is 1. The third-order valence-corrected chi connectivity index (χ3v) is 2.42. The maximum Gasteiger partial charge on any atom is 0.344 e. The van der Waals surface area contributed by atoms with Gasteiger partial charge in [0, 0.05) is 5.39 Å². The molecule has 0 spiro atoms. The van der Waals surface area contributed by atoms with Crippen LogP contribution in [0.25, 0.3) is 10.9 Å². The molecule has 0 bridgehead atoms. The number of nitrogens with zero attached hydrogens (tertiary/aromatic N) is 1. The van der Waals surface area contributed by atoms with E-state index in [9.17, 15) is 9.18 Å². The molecular formula is C12H10FNO2. The summed E-state index contributed by atoms with van der Waals surface area (Å²) < 4.78 is 13.3. The van der Waals surface area contributed by atoms with Gasteiger partial charge in [-0.1, -0.05) is 18.2 Å². The van der Waals surface area contributed by atoms with Gasteiger partial charge in [0.25, 0.3) is 0 Å². The van der Waals surface area contributed by atoms with Crippen LogP contribution in [0.2, 0.25) is 0 Å². The molecule has 4 heteroatoms. The minimum absolute atomic E-state index is 0.0521. The molecule has 0 amide bonds. The maximum absolute atomic E-state index is 13.3. The lowest BCUT2D eigenvalue weighted by Gasteiger charge is -2.07. The van der Waals surface area contributed by atoms with Crippen molar-refractivity contribution in [3.8, 4) is 0 Å². The molecule has 0 radical (unpaired) electrons. The Morgan fingerprint density at radius 1 is 1.44 bits per heavy atom. The van der Waals surface area contributed by atoms with Gasteiger partial charge in [0.15, 0.2) is 0 Å². The van der Waals surface area contributed by atoms with E-state index in [0.717, 1.165) is 10.9 Å². The van der Waals surface area contributed by atoms with Crippen molar-refractivity contribution in [2.24, 2.45) is 0 Å². The molecule has 1 heterocycles. The number of hydrogen-bond acceptors (Lipinski definition) is 2. The van der Waals surface area contributed by atoms with Crippen LogP contribution in [-0.4, -0.2) is 16.1 Å². The number of aromatic nitrogens is 1. The fourth-order valence-electron chi connectivity index (χ4n) is 1.63. The monoisotopic (exact) mass is 219 g/mol. The Labute approximate surface area is 91.5 Å². The number of benzene rings is 1. The van der Waals surface area contributed by atoms with Gasteiger partial charge < -0.3 is 5.11 Å². The second-order valence-electron chi connectivity index (χ2n) is 3.58. The summed E-state index contributed by atoms with van der Waals surface area (Å²) in [6, 6.07) is 8.73. The summed E-state index contributed by atoms with van der Waals surface area (Å²) in [5, 5.41) is 9.49. The van der Waals surface area contributed by atoms with Gasteiger partial charge >= 0.3 is 5.97 Å². The summed E-state index contributed by atoms with van der Waals surface area (Å²) >= 11 is 0. The summed E-state index contributed by atoms with van der Waals surface area (Å²) in [5.41, 5.74) is 1.38. The molecule has 1 aromatic carbocycles. The molecule has 0 saturated heterocycles. The van der Waals surface area contributed by atoms with Gasteiger partial charge in [-0.3, -0.25) is 0 Å². The zero-order valence-electron chi connectivity index (χ0n) is 8.64. The van der Waals surface area contributed by atoms with Crippen LogP contribution in [0.3, 0.4) is 0 Å². The quantitative estimate of drug-likeness (QED) is 0.844. The number of para-hydroxylation sites is 1. The van der Waals surface area contributed by atoms with Crippen LogP contribution < -0.4 is 0 Å². The number of rotatable bonds is 2. The van der Waals surface area contributed by atoms with Gasteiger partial charge in [-0.15, -0.1) is 0 Å². The highest BCUT2D eigenvalue weighted by Gasteiger charge is 2.20. The molecule has 1 N–H and O–H groups in total. The normalized spacial score (nSPS) is 12.6. The van der Waals surface area contributed by atoms with Gasteiger partial charge in [-0.05, 0) is 24.6 Å². The third kappa shape index (κ3) is 1.74. The first kappa shape index (κ1) is 10.5. The maximum atomic E-state index is 13.3. The summed E-state index contributed by atoms with van der Waals surface area (Å²) in [6.07, 6.45) is -2.07. The van der Waals surface area contributed by atoms with Crippen LogP contribution in [0.1, 0.15) is 17.4 Å². The van der Waals surface area contributed by atoms with Crippen molar-refractivity contribution in [3.63, 3.8) is 0 Å². The fraction of sp³-hybridized carbons (Fsp3) is 0.167. The van der Waals surface area contributed by atoms with Gasteiger partial charge in [-0.2, -0.15) is 0 Å². The topological polar surface area (TPSA) is 50.2 Å². The Morgan fingerprint density at radius 3 is 2.81 bits per heavy atom. The molecule has 0 aliphatic rings. The van der Waals surface area contributed by atoms with E-state index < -0.39 is 12.1 Å².